The normalized spacial score (nSPS) is 13.6. The number of carbonyl (C=O) groups is 1. The molecule has 0 bridgehead atoms. The van der Waals surface area contributed by atoms with Gasteiger partial charge in [-0.2, -0.15) is 0 Å². The molecule has 0 aliphatic heterocycles. The number of rotatable bonds is 20. The molecular weight excluding hydrogens is 616 g/mol. The molecule has 0 fully saturated rings. The van der Waals surface area contributed by atoms with Crippen LogP contribution >= 0.6 is 0 Å². The molecule has 10 nitrogen and oxygen atoms in total. The monoisotopic (exact) mass is 660 g/mol. The van der Waals surface area contributed by atoms with Gasteiger partial charge in [-0.3, -0.25) is 0 Å². The first kappa shape index (κ1) is 43.6. The van der Waals surface area contributed by atoms with E-state index in [4.69, 9.17) is 28.4 Å². The van der Waals surface area contributed by atoms with Crippen LogP contribution in [0.2, 0.25) is 0 Å². The minimum Gasteiger partial charge on any atom is -0.451 e. The van der Waals surface area contributed by atoms with Gasteiger partial charge in [0, 0.05) is 5.92 Å². The maximum atomic E-state index is 12.0. The van der Waals surface area contributed by atoms with Crippen LogP contribution in [0.1, 0.15) is 41.5 Å². The summed E-state index contributed by atoms with van der Waals surface area (Å²) in [7, 11) is 0. The Morgan fingerprint density at radius 2 is 0.875 bits per heavy atom. The Kier molecular flexibility index (Phi) is 26.2. The van der Waals surface area contributed by atoms with E-state index in [9.17, 15) is 20.1 Å². The van der Waals surface area contributed by atoms with Crippen molar-refractivity contribution in [1.82, 2.24) is 0 Å². The molecule has 5 atom stereocenters. The van der Waals surface area contributed by atoms with Crippen LogP contribution in [0.3, 0.4) is 0 Å². The number of carbonyl (C=O) groups excluding carboxylic acids is 1. The zero-order valence-electron chi connectivity index (χ0n) is 28.5. The lowest BCUT2D eigenvalue weighted by Gasteiger charge is -2.34. The summed E-state index contributed by atoms with van der Waals surface area (Å²) in [6.07, 6.45) is -2.95. The minimum absolute atomic E-state index is 0.0980. The van der Waals surface area contributed by atoms with E-state index in [1.54, 1.807) is 41.5 Å². The van der Waals surface area contributed by atoms with Gasteiger partial charge in [-0.25, -0.2) is 4.79 Å². The Morgan fingerprint density at radius 3 is 1.25 bits per heavy atom. The summed E-state index contributed by atoms with van der Waals surface area (Å²) in [5, 5.41) is 28.9. The molecule has 0 spiro atoms. The first-order valence-corrected chi connectivity index (χ1v) is 15.1. The highest BCUT2D eigenvalue weighted by Crippen LogP contribution is 2.22. The largest absolute Gasteiger partial charge is 0.451 e. The van der Waals surface area contributed by atoms with Crippen molar-refractivity contribution in [2.45, 2.75) is 72.1 Å². The molecule has 0 rings (SSSR count). The third kappa shape index (κ3) is 27.9. The molecule has 0 aliphatic rings. The van der Waals surface area contributed by atoms with Crippen LogP contribution in [0.5, 0.6) is 0 Å². The fraction of sp³-hybridized carbons (Fsp3) is 0.553. The minimum atomic E-state index is -0.785. The molecular formula is C38H44O10. The lowest BCUT2D eigenvalue weighted by molar-refractivity contribution is -0.147. The third-order valence-electron chi connectivity index (χ3n) is 5.09. The molecule has 0 aromatic rings. The lowest BCUT2D eigenvalue weighted by atomic mass is 9.92. The first-order valence-electron chi connectivity index (χ1n) is 15.1. The number of ether oxygens (including phenoxy) is 6. The summed E-state index contributed by atoms with van der Waals surface area (Å²) in [5.74, 6) is 38.8. The van der Waals surface area contributed by atoms with Crippen LogP contribution in [-0.2, 0) is 33.2 Å². The molecule has 0 amide bonds. The molecule has 3 N–H and O–H groups in total. The van der Waals surface area contributed by atoms with Gasteiger partial charge in [0.05, 0.1) is 89.3 Å². The van der Waals surface area contributed by atoms with Gasteiger partial charge in [-0.15, -0.1) is 0 Å². The van der Waals surface area contributed by atoms with E-state index in [-0.39, 0.29) is 65.6 Å². The Morgan fingerprint density at radius 1 is 0.521 bits per heavy atom. The molecule has 0 aromatic heterocycles. The summed E-state index contributed by atoms with van der Waals surface area (Å²) >= 11 is 0. The van der Waals surface area contributed by atoms with Crippen LogP contribution in [0.4, 0.5) is 0 Å². The van der Waals surface area contributed by atoms with Gasteiger partial charge in [0.15, 0.2) is 0 Å². The average Bonchev–Trinajstić information content (AvgIpc) is 3.01. The number of hydrogen-bond acceptors (Lipinski definition) is 10. The maximum absolute atomic E-state index is 12.0. The number of aliphatic hydroxyl groups is 3. The molecule has 256 valence electrons. The molecule has 0 aliphatic carbocycles. The van der Waals surface area contributed by atoms with Gasteiger partial charge >= 0.3 is 5.97 Å². The van der Waals surface area contributed by atoms with Gasteiger partial charge in [0.1, 0.15) is 6.10 Å². The molecule has 5 unspecified atom stereocenters. The highest BCUT2D eigenvalue weighted by Gasteiger charge is 2.33. The molecule has 0 aromatic carbocycles. The smallest absolute Gasteiger partial charge is 0.385 e. The van der Waals surface area contributed by atoms with Crippen molar-refractivity contribution in [3.8, 4) is 94.7 Å². The highest BCUT2D eigenvalue weighted by molar-refractivity contribution is 5.89. The fourth-order valence-electron chi connectivity index (χ4n) is 3.14. The molecule has 48 heavy (non-hydrogen) atoms. The van der Waals surface area contributed by atoms with Gasteiger partial charge in [-0.05, 0) is 124 Å². The average molecular weight is 661 g/mol. The van der Waals surface area contributed by atoms with Gasteiger partial charge < -0.3 is 43.7 Å². The van der Waals surface area contributed by atoms with Crippen molar-refractivity contribution in [3.05, 3.63) is 0 Å². The van der Waals surface area contributed by atoms with E-state index in [1.807, 2.05) is 0 Å². The summed E-state index contributed by atoms with van der Waals surface area (Å²) in [6.45, 7) is 11.1. The number of esters is 1. The van der Waals surface area contributed by atoms with Crippen LogP contribution < -0.4 is 0 Å². The number of aliphatic hydroxyl groups excluding tert-OH is 3. The Labute approximate surface area is 285 Å². The SMILES string of the molecule is CC#CC#CC#CC#CC#CC#CC#CC#CC(=O)OC(C)COC(C)COCC(COCC(C)O)(COCC(C)O)COCC(C)O. The summed E-state index contributed by atoms with van der Waals surface area (Å²) in [6, 6.07) is 0. The lowest BCUT2D eigenvalue weighted by Crippen LogP contribution is -2.43. The predicted octanol–water partition coefficient (Wildman–Crippen LogP) is 0.566. The summed E-state index contributed by atoms with van der Waals surface area (Å²) in [4.78, 5) is 12.0. The molecule has 0 heterocycles. The molecule has 0 radical (unpaired) electrons. The fourth-order valence-corrected chi connectivity index (χ4v) is 3.14. The van der Waals surface area contributed by atoms with E-state index in [2.05, 4.69) is 94.7 Å². The first-order chi connectivity index (χ1) is 23.0. The van der Waals surface area contributed by atoms with Crippen molar-refractivity contribution in [3.63, 3.8) is 0 Å². The standard InChI is InChI=1S/C38H44O10/c1-7-8-9-10-11-12-13-14-15-16-17-18-19-20-21-22-37(42)48-36(6)27-47-35(5)26-46-31-38(28-43-23-32(2)39,29-44-24-33(3)40)30-45-25-34(4)41/h32-36,39-41H,23-31H2,1-6H3. The Balaban J connectivity index is 4.84. The summed E-state index contributed by atoms with van der Waals surface area (Å²) in [5.41, 5.74) is -0.785. The zero-order chi connectivity index (χ0) is 35.9. The second-order valence-corrected chi connectivity index (χ2v) is 10.6. The Bertz CT molecular complexity index is 1430. The van der Waals surface area contributed by atoms with E-state index in [0.29, 0.717) is 0 Å². The molecule has 0 saturated carbocycles. The Hall–Kier alpha value is -4.37. The van der Waals surface area contributed by atoms with Gasteiger partial charge in [-0.1, -0.05) is 5.92 Å². The third-order valence-corrected chi connectivity index (χ3v) is 5.09. The van der Waals surface area contributed by atoms with Crippen LogP contribution in [0.15, 0.2) is 0 Å². The van der Waals surface area contributed by atoms with Crippen LogP contribution in [0.25, 0.3) is 0 Å². The maximum Gasteiger partial charge on any atom is 0.385 e. The van der Waals surface area contributed by atoms with E-state index in [1.165, 1.54) is 0 Å². The highest BCUT2D eigenvalue weighted by atomic mass is 16.6. The van der Waals surface area contributed by atoms with Crippen molar-refractivity contribution in [2.24, 2.45) is 5.41 Å². The van der Waals surface area contributed by atoms with Crippen molar-refractivity contribution >= 4 is 5.97 Å². The van der Waals surface area contributed by atoms with E-state index < -0.39 is 35.8 Å². The van der Waals surface area contributed by atoms with Gasteiger partial charge in [0.2, 0.25) is 0 Å². The summed E-state index contributed by atoms with van der Waals surface area (Å²) < 4.78 is 34.0. The van der Waals surface area contributed by atoms with E-state index in [0.717, 1.165) is 0 Å². The topological polar surface area (TPSA) is 133 Å². The van der Waals surface area contributed by atoms with Crippen LogP contribution in [-0.4, -0.2) is 111 Å². The number of hydrogen-bond donors (Lipinski definition) is 3. The van der Waals surface area contributed by atoms with Gasteiger partial charge in [0.25, 0.3) is 0 Å². The molecule has 10 heteroatoms. The van der Waals surface area contributed by atoms with Crippen molar-refractivity contribution < 1.29 is 48.5 Å². The molecule has 0 saturated heterocycles. The second kappa shape index (κ2) is 28.8. The zero-order valence-corrected chi connectivity index (χ0v) is 28.5. The van der Waals surface area contributed by atoms with E-state index >= 15 is 0 Å². The van der Waals surface area contributed by atoms with Crippen LogP contribution in [0, 0.1) is 100 Å². The van der Waals surface area contributed by atoms with Crippen molar-refractivity contribution in [2.75, 3.05) is 59.5 Å². The predicted molar refractivity (Wildman–Crippen MR) is 180 cm³/mol. The quantitative estimate of drug-likeness (QED) is 0.0968. The second-order valence-electron chi connectivity index (χ2n) is 10.6. The van der Waals surface area contributed by atoms with Crippen molar-refractivity contribution in [1.29, 1.82) is 0 Å².